The second-order valence-corrected chi connectivity index (χ2v) is 8.90. The van der Waals surface area contributed by atoms with Gasteiger partial charge in [0.15, 0.2) is 16.6 Å². The highest BCUT2D eigenvalue weighted by atomic mass is 32.1. The lowest BCUT2D eigenvalue weighted by molar-refractivity contribution is 0.0376. The molecule has 1 aromatic heterocycles. The third kappa shape index (κ3) is 4.90. The summed E-state index contributed by atoms with van der Waals surface area (Å²) in [6.45, 7) is 7.61. The van der Waals surface area contributed by atoms with Crippen LogP contribution in [0.2, 0.25) is 0 Å². The number of carbonyl (C=O) groups is 1. The maximum Gasteiger partial charge on any atom is 0.260 e. The molecular formula is C24H27N3O5S. The molecule has 1 fully saturated rings. The van der Waals surface area contributed by atoms with Crippen LogP contribution in [0.5, 0.6) is 17.2 Å². The number of fused-ring (bicyclic) bond motifs is 2. The van der Waals surface area contributed by atoms with Crippen LogP contribution in [0.25, 0.3) is 10.2 Å². The SMILES string of the molecule is CCOc1ccc2nc(N(CCCN3CCOCC3)C(=O)c3ccc4c(c3)OCO4)sc2c1. The lowest BCUT2D eigenvalue weighted by atomic mass is 10.1. The highest BCUT2D eigenvalue weighted by Gasteiger charge is 2.24. The number of carbonyl (C=O) groups excluding carboxylic acids is 1. The Labute approximate surface area is 196 Å². The summed E-state index contributed by atoms with van der Waals surface area (Å²) >= 11 is 1.50. The smallest absolute Gasteiger partial charge is 0.260 e. The molecular weight excluding hydrogens is 442 g/mol. The summed E-state index contributed by atoms with van der Waals surface area (Å²) in [5.74, 6) is 1.97. The van der Waals surface area contributed by atoms with Crippen LogP contribution >= 0.6 is 11.3 Å². The molecule has 174 valence electrons. The van der Waals surface area contributed by atoms with E-state index in [0.717, 1.165) is 55.2 Å². The molecule has 0 radical (unpaired) electrons. The van der Waals surface area contributed by atoms with Crippen molar-refractivity contribution in [1.29, 1.82) is 0 Å². The molecule has 5 rings (SSSR count). The van der Waals surface area contributed by atoms with Gasteiger partial charge in [-0.05, 0) is 49.7 Å². The minimum Gasteiger partial charge on any atom is -0.494 e. The molecule has 0 atom stereocenters. The number of thiazole rings is 1. The van der Waals surface area contributed by atoms with Gasteiger partial charge in [0.1, 0.15) is 5.75 Å². The van der Waals surface area contributed by atoms with E-state index in [1.807, 2.05) is 25.1 Å². The summed E-state index contributed by atoms with van der Waals surface area (Å²) in [4.78, 5) is 22.5. The van der Waals surface area contributed by atoms with Gasteiger partial charge in [0.05, 0.1) is 30.0 Å². The maximum atomic E-state index is 13.6. The van der Waals surface area contributed by atoms with E-state index in [1.54, 1.807) is 23.1 Å². The van der Waals surface area contributed by atoms with Gasteiger partial charge in [0.2, 0.25) is 6.79 Å². The van der Waals surface area contributed by atoms with Crippen molar-refractivity contribution in [2.45, 2.75) is 13.3 Å². The van der Waals surface area contributed by atoms with Crippen molar-refractivity contribution < 1.29 is 23.7 Å². The average molecular weight is 470 g/mol. The number of anilines is 1. The Morgan fingerprint density at radius 3 is 2.85 bits per heavy atom. The zero-order valence-electron chi connectivity index (χ0n) is 18.6. The first-order chi connectivity index (χ1) is 16.2. The van der Waals surface area contributed by atoms with Crippen molar-refractivity contribution in [3.63, 3.8) is 0 Å². The van der Waals surface area contributed by atoms with E-state index < -0.39 is 0 Å². The minimum absolute atomic E-state index is 0.0978. The fraction of sp³-hybridized carbons (Fsp3) is 0.417. The maximum absolute atomic E-state index is 13.6. The van der Waals surface area contributed by atoms with Crippen LogP contribution < -0.4 is 19.1 Å². The van der Waals surface area contributed by atoms with Crippen molar-refractivity contribution in [2.75, 3.05) is 57.7 Å². The Morgan fingerprint density at radius 1 is 1.15 bits per heavy atom. The fourth-order valence-corrected chi connectivity index (χ4v) is 5.03. The molecule has 0 saturated carbocycles. The molecule has 8 nitrogen and oxygen atoms in total. The van der Waals surface area contributed by atoms with Crippen molar-refractivity contribution in [2.24, 2.45) is 0 Å². The van der Waals surface area contributed by atoms with Crippen LogP contribution in [-0.4, -0.2) is 68.6 Å². The standard InChI is InChI=1S/C24H27N3O5S/c1-2-30-18-5-6-19-22(15-18)33-24(25-19)27(9-3-8-26-10-12-29-13-11-26)23(28)17-4-7-20-21(14-17)32-16-31-20/h4-7,14-15H,2-3,8-13,16H2,1H3. The van der Waals surface area contributed by atoms with Gasteiger partial charge in [0.25, 0.3) is 5.91 Å². The third-order valence-corrected chi connectivity index (χ3v) is 6.76. The van der Waals surface area contributed by atoms with Crippen molar-refractivity contribution in [3.8, 4) is 17.2 Å². The number of hydrogen-bond acceptors (Lipinski definition) is 8. The molecule has 33 heavy (non-hydrogen) atoms. The van der Waals surface area contributed by atoms with Crippen molar-refractivity contribution in [3.05, 3.63) is 42.0 Å². The van der Waals surface area contributed by atoms with E-state index in [0.29, 0.717) is 35.3 Å². The van der Waals surface area contributed by atoms with Crippen LogP contribution in [0, 0.1) is 0 Å². The fourth-order valence-electron chi connectivity index (χ4n) is 4.01. The topological polar surface area (TPSA) is 73.4 Å². The number of amides is 1. The van der Waals surface area contributed by atoms with Gasteiger partial charge in [-0.3, -0.25) is 14.6 Å². The molecule has 0 aliphatic carbocycles. The molecule has 3 aromatic rings. The summed E-state index contributed by atoms with van der Waals surface area (Å²) in [5, 5.41) is 0.684. The van der Waals surface area contributed by atoms with Crippen LogP contribution in [0.1, 0.15) is 23.7 Å². The largest absolute Gasteiger partial charge is 0.494 e. The van der Waals surface area contributed by atoms with Crippen LogP contribution in [-0.2, 0) is 4.74 Å². The summed E-state index contributed by atoms with van der Waals surface area (Å²) < 4.78 is 22.9. The molecule has 2 aromatic carbocycles. The van der Waals surface area contributed by atoms with E-state index >= 15 is 0 Å². The Hall–Kier alpha value is -2.88. The van der Waals surface area contributed by atoms with Crippen LogP contribution in [0.3, 0.4) is 0 Å². The number of hydrogen-bond donors (Lipinski definition) is 0. The van der Waals surface area contributed by atoms with Gasteiger partial charge in [-0.25, -0.2) is 4.98 Å². The normalized spacial score (nSPS) is 15.7. The molecule has 1 saturated heterocycles. The van der Waals surface area contributed by atoms with E-state index in [1.165, 1.54) is 11.3 Å². The highest BCUT2D eigenvalue weighted by Crippen LogP contribution is 2.35. The van der Waals surface area contributed by atoms with Gasteiger partial charge in [-0.1, -0.05) is 11.3 Å². The second kappa shape index (κ2) is 9.94. The molecule has 2 aliphatic rings. The van der Waals surface area contributed by atoms with Gasteiger partial charge < -0.3 is 18.9 Å². The molecule has 0 bridgehead atoms. The van der Waals surface area contributed by atoms with E-state index in [4.69, 9.17) is 23.9 Å². The van der Waals surface area contributed by atoms with Crippen molar-refractivity contribution >= 4 is 32.6 Å². The predicted molar refractivity (Wildman–Crippen MR) is 127 cm³/mol. The Morgan fingerprint density at radius 2 is 2.00 bits per heavy atom. The van der Waals surface area contributed by atoms with Gasteiger partial charge >= 0.3 is 0 Å². The number of rotatable bonds is 8. The Bertz CT molecular complexity index is 1130. The molecule has 3 heterocycles. The van der Waals surface area contributed by atoms with E-state index in [9.17, 15) is 4.79 Å². The molecule has 9 heteroatoms. The molecule has 1 amide bonds. The van der Waals surface area contributed by atoms with Gasteiger partial charge in [-0.2, -0.15) is 0 Å². The number of benzene rings is 2. The number of nitrogens with zero attached hydrogens (tertiary/aromatic N) is 3. The first-order valence-electron chi connectivity index (χ1n) is 11.3. The second-order valence-electron chi connectivity index (χ2n) is 7.89. The Balaban J connectivity index is 1.40. The summed E-state index contributed by atoms with van der Waals surface area (Å²) in [7, 11) is 0. The van der Waals surface area contributed by atoms with Crippen molar-refractivity contribution in [1.82, 2.24) is 9.88 Å². The highest BCUT2D eigenvalue weighted by molar-refractivity contribution is 7.22. The van der Waals surface area contributed by atoms with E-state index in [-0.39, 0.29) is 12.7 Å². The number of aromatic nitrogens is 1. The number of ether oxygens (including phenoxy) is 4. The molecule has 0 N–H and O–H groups in total. The molecule has 2 aliphatic heterocycles. The monoisotopic (exact) mass is 469 g/mol. The van der Waals surface area contributed by atoms with Gasteiger partial charge in [-0.15, -0.1) is 0 Å². The zero-order chi connectivity index (χ0) is 22.6. The Kier molecular flexibility index (Phi) is 6.61. The molecule has 0 spiro atoms. The quantitative estimate of drug-likeness (QED) is 0.497. The first kappa shape index (κ1) is 21.9. The summed E-state index contributed by atoms with van der Waals surface area (Å²) in [6.07, 6.45) is 0.844. The van der Waals surface area contributed by atoms with Crippen LogP contribution in [0.4, 0.5) is 5.13 Å². The molecule has 0 unspecified atom stereocenters. The lowest BCUT2D eigenvalue weighted by Crippen LogP contribution is -2.39. The average Bonchev–Trinajstić information content (AvgIpc) is 3.48. The minimum atomic E-state index is -0.0978. The lowest BCUT2D eigenvalue weighted by Gasteiger charge is -2.27. The first-order valence-corrected chi connectivity index (χ1v) is 12.1. The summed E-state index contributed by atoms with van der Waals surface area (Å²) in [6, 6.07) is 11.2. The zero-order valence-corrected chi connectivity index (χ0v) is 19.4. The van der Waals surface area contributed by atoms with E-state index in [2.05, 4.69) is 4.90 Å². The summed E-state index contributed by atoms with van der Waals surface area (Å²) in [5.41, 5.74) is 1.41. The predicted octanol–water partition coefficient (Wildman–Crippen LogP) is 3.79. The third-order valence-electron chi connectivity index (χ3n) is 5.71. The number of morpholine rings is 1. The van der Waals surface area contributed by atoms with Crippen LogP contribution in [0.15, 0.2) is 36.4 Å². The van der Waals surface area contributed by atoms with Gasteiger partial charge in [0, 0.05) is 31.7 Å².